The van der Waals surface area contributed by atoms with Gasteiger partial charge in [-0.3, -0.25) is 4.79 Å². The molecule has 0 aliphatic rings. The van der Waals surface area contributed by atoms with Gasteiger partial charge in [-0.25, -0.2) is 8.78 Å². The molecule has 0 aromatic heterocycles. The van der Waals surface area contributed by atoms with E-state index in [1.807, 2.05) is 0 Å². The molecule has 1 aromatic rings. The number of rotatable bonds is 3. The van der Waals surface area contributed by atoms with Crippen LogP contribution < -0.4 is 4.90 Å². The highest BCUT2D eigenvalue weighted by atomic mass is 19.2. The van der Waals surface area contributed by atoms with Crippen LogP contribution in [0.15, 0.2) is 30.9 Å². The van der Waals surface area contributed by atoms with Crippen LogP contribution in [0.5, 0.6) is 0 Å². The molecular formula is C11H11F2NO. The van der Waals surface area contributed by atoms with Crippen molar-refractivity contribution in [1.82, 2.24) is 0 Å². The average Bonchev–Trinajstić information content (AvgIpc) is 2.24. The molecule has 0 saturated carbocycles. The van der Waals surface area contributed by atoms with Crippen LogP contribution in [0.25, 0.3) is 0 Å². The fourth-order valence-electron chi connectivity index (χ4n) is 1.26. The lowest BCUT2D eigenvalue weighted by molar-refractivity contribution is -0.114. The molecule has 1 amide bonds. The molecule has 80 valence electrons. The van der Waals surface area contributed by atoms with Gasteiger partial charge >= 0.3 is 0 Å². The molecule has 2 nitrogen and oxygen atoms in total. The van der Waals surface area contributed by atoms with E-state index in [2.05, 4.69) is 6.58 Å². The van der Waals surface area contributed by atoms with Gasteiger partial charge in [0.2, 0.25) is 5.91 Å². The van der Waals surface area contributed by atoms with Gasteiger partial charge in [0, 0.05) is 6.54 Å². The number of carbonyl (C=O) groups excluding carboxylic acids is 1. The minimum Gasteiger partial charge on any atom is -0.306 e. The van der Waals surface area contributed by atoms with Gasteiger partial charge in [0.05, 0.1) is 5.69 Å². The first-order chi connectivity index (χ1) is 7.11. The number of hydrogen-bond donors (Lipinski definition) is 0. The van der Waals surface area contributed by atoms with Crippen LogP contribution in [0.3, 0.4) is 0 Å². The first-order valence-electron chi connectivity index (χ1n) is 4.49. The molecule has 1 rings (SSSR count). The topological polar surface area (TPSA) is 20.3 Å². The van der Waals surface area contributed by atoms with Crippen LogP contribution in [-0.4, -0.2) is 12.5 Å². The maximum Gasteiger partial charge on any atom is 0.250 e. The lowest BCUT2D eigenvalue weighted by Gasteiger charge is -2.19. The van der Waals surface area contributed by atoms with E-state index < -0.39 is 17.5 Å². The Kier molecular flexibility index (Phi) is 3.55. The summed E-state index contributed by atoms with van der Waals surface area (Å²) in [5.41, 5.74) is -0.0672. The Hall–Kier alpha value is -1.71. The molecule has 0 heterocycles. The molecule has 0 bridgehead atoms. The summed E-state index contributed by atoms with van der Waals surface area (Å²) in [6, 6.07) is 3.71. The second kappa shape index (κ2) is 4.68. The predicted octanol–water partition coefficient (Wildman–Crippen LogP) is 2.50. The van der Waals surface area contributed by atoms with Gasteiger partial charge in [0.1, 0.15) is 0 Å². The molecule has 0 atom stereocenters. The quantitative estimate of drug-likeness (QED) is 0.703. The van der Waals surface area contributed by atoms with E-state index in [0.717, 1.165) is 17.0 Å². The zero-order valence-electron chi connectivity index (χ0n) is 8.34. The summed E-state index contributed by atoms with van der Waals surface area (Å²) in [5.74, 6) is -2.45. The number of hydrogen-bond acceptors (Lipinski definition) is 1. The van der Waals surface area contributed by atoms with Crippen molar-refractivity contribution < 1.29 is 13.6 Å². The Labute approximate surface area is 86.8 Å². The standard InChI is InChI=1S/C11H11F2NO/c1-3-10(15)14(4-2)9-7-5-6-8(12)11(9)13/h3,5-7H,1,4H2,2H3. The Morgan fingerprint density at radius 3 is 2.73 bits per heavy atom. The highest BCUT2D eigenvalue weighted by molar-refractivity contribution is 6.01. The van der Waals surface area contributed by atoms with Crippen molar-refractivity contribution in [2.45, 2.75) is 6.92 Å². The fraction of sp³-hybridized carbons (Fsp3) is 0.182. The van der Waals surface area contributed by atoms with E-state index in [-0.39, 0.29) is 12.2 Å². The maximum atomic E-state index is 13.3. The largest absolute Gasteiger partial charge is 0.306 e. The van der Waals surface area contributed by atoms with Crippen molar-refractivity contribution in [1.29, 1.82) is 0 Å². The van der Waals surface area contributed by atoms with Crippen molar-refractivity contribution in [3.63, 3.8) is 0 Å². The smallest absolute Gasteiger partial charge is 0.250 e. The van der Waals surface area contributed by atoms with Gasteiger partial charge in [-0.2, -0.15) is 0 Å². The summed E-state index contributed by atoms with van der Waals surface area (Å²) in [6.07, 6.45) is 1.06. The molecule has 0 radical (unpaired) electrons. The van der Waals surface area contributed by atoms with Crippen molar-refractivity contribution in [2.75, 3.05) is 11.4 Å². The van der Waals surface area contributed by atoms with E-state index >= 15 is 0 Å². The fourth-order valence-corrected chi connectivity index (χ4v) is 1.26. The number of amides is 1. The summed E-state index contributed by atoms with van der Waals surface area (Å²) in [7, 11) is 0. The van der Waals surface area contributed by atoms with Crippen LogP contribution in [0.4, 0.5) is 14.5 Å². The lowest BCUT2D eigenvalue weighted by Crippen LogP contribution is -2.29. The maximum absolute atomic E-state index is 13.3. The Morgan fingerprint density at radius 1 is 1.53 bits per heavy atom. The third-order valence-electron chi connectivity index (χ3n) is 1.98. The number of anilines is 1. The van der Waals surface area contributed by atoms with E-state index in [0.29, 0.717) is 0 Å². The summed E-state index contributed by atoms with van der Waals surface area (Å²) in [4.78, 5) is 12.4. The Bertz CT molecular complexity index is 390. The van der Waals surface area contributed by atoms with Crippen LogP contribution in [0, 0.1) is 11.6 Å². The van der Waals surface area contributed by atoms with Gasteiger partial charge in [0.25, 0.3) is 0 Å². The SMILES string of the molecule is C=CC(=O)N(CC)c1cccc(F)c1F. The van der Waals surface area contributed by atoms with E-state index in [1.54, 1.807) is 6.92 Å². The molecule has 0 saturated heterocycles. The zero-order valence-corrected chi connectivity index (χ0v) is 8.34. The normalized spacial score (nSPS) is 9.80. The summed E-state index contributed by atoms with van der Waals surface area (Å²) in [6.45, 7) is 5.23. The number of nitrogens with zero attached hydrogens (tertiary/aromatic N) is 1. The number of likely N-dealkylation sites (N-methyl/N-ethyl adjacent to an activating group) is 1. The molecule has 0 aliphatic carbocycles. The second-order valence-corrected chi connectivity index (χ2v) is 2.86. The second-order valence-electron chi connectivity index (χ2n) is 2.86. The van der Waals surface area contributed by atoms with E-state index in [9.17, 15) is 13.6 Å². The van der Waals surface area contributed by atoms with E-state index in [1.165, 1.54) is 12.1 Å². The summed E-state index contributed by atoms with van der Waals surface area (Å²) >= 11 is 0. The minimum absolute atomic E-state index is 0.0672. The van der Waals surface area contributed by atoms with Crippen molar-refractivity contribution in [3.8, 4) is 0 Å². The van der Waals surface area contributed by atoms with Gasteiger partial charge in [0.15, 0.2) is 11.6 Å². The first-order valence-corrected chi connectivity index (χ1v) is 4.49. The molecule has 0 unspecified atom stereocenters. The predicted molar refractivity (Wildman–Crippen MR) is 54.6 cm³/mol. The van der Waals surface area contributed by atoms with Crippen molar-refractivity contribution in [3.05, 3.63) is 42.5 Å². The molecule has 4 heteroatoms. The monoisotopic (exact) mass is 211 g/mol. The van der Waals surface area contributed by atoms with Gasteiger partial charge in [-0.05, 0) is 25.1 Å². The average molecular weight is 211 g/mol. The van der Waals surface area contributed by atoms with Crippen molar-refractivity contribution in [2.24, 2.45) is 0 Å². The third-order valence-corrected chi connectivity index (χ3v) is 1.98. The zero-order chi connectivity index (χ0) is 11.4. The Morgan fingerprint density at radius 2 is 2.20 bits per heavy atom. The highest BCUT2D eigenvalue weighted by Crippen LogP contribution is 2.21. The lowest BCUT2D eigenvalue weighted by atomic mass is 10.2. The molecule has 1 aromatic carbocycles. The third kappa shape index (κ3) is 2.21. The summed E-state index contributed by atoms with van der Waals surface area (Å²) < 4.78 is 26.2. The van der Waals surface area contributed by atoms with Gasteiger partial charge < -0.3 is 4.90 Å². The Balaban J connectivity index is 3.18. The van der Waals surface area contributed by atoms with Crippen LogP contribution in [0.1, 0.15) is 6.92 Å². The summed E-state index contributed by atoms with van der Waals surface area (Å²) in [5, 5.41) is 0. The van der Waals surface area contributed by atoms with Crippen LogP contribution >= 0.6 is 0 Å². The van der Waals surface area contributed by atoms with Gasteiger partial charge in [-0.1, -0.05) is 12.6 Å². The van der Waals surface area contributed by atoms with Crippen molar-refractivity contribution >= 4 is 11.6 Å². The number of benzene rings is 1. The molecule has 0 N–H and O–H groups in total. The van der Waals surface area contributed by atoms with E-state index in [4.69, 9.17) is 0 Å². The van der Waals surface area contributed by atoms with Crippen LogP contribution in [0.2, 0.25) is 0 Å². The van der Waals surface area contributed by atoms with Gasteiger partial charge in [-0.15, -0.1) is 0 Å². The number of halogens is 2. The molecule has 0 spiro atoms. The molecule has 0 fully saturated rings. The molecular weight excluding hydrogens is 200 g/mol. The highest BCUT2D eigenvalue weighted by Gasteiger charge is 2.17. The minimum atomic E-state index is -1.02. The number of carbonyl (C=O) groups is 1. The van der Waals surface area contributed by atoms with Crippen LogP contribution in [-0.2, 0) is 4.79 Å². The first kappa shape index (κ1) is 11.4. The molecule has 15 heavy (non-hydrogen) atoms. The molecule has 0 aliphatic heterocycles.